The summed E-state index contributed by atoms with van der Waals surface area (Å²) in [6, 6.07) is 18.1. The SMILES string of the molecule is CN1C(=O)[C@@H](NC(=O)c2cc(Oc3ccccc3)ccn2)CNc2ccc(CN3CCC4(CCOCC4)CC3)cc21. The molecule has 0 saturated carbocycles. The summed E-state index contributed by atoms with van der Waals surface area (Å²) in [4.78, 5) is 34.9. The van der Waals surface area contributed by atoms with E-state index in [9.17, 15) is 9.59 Å². The lowest BCUT2D eigenvalue weighted by Gasteiger charge is -2.44. The Labute approximate surface area is 240 Å². The maximum atomic E-state index is 13.5. The van der Waals surface area contributed by atoms with Crippen LogP contribution in [0.3, 0.4) is 0 Å². The van der Waals surface area contributed by atoms with Crippen LogP contribution in [0, 0.1) is 5.41 Å². The standard InChI is InChI=1S/C32H37N5O4/c1-36-29-19-23(22-37-15-10-32(11-16-37)12-17-40-18-13-32)7-8-26(29)34-21-28(31(36)39)35-30(38)27-20-25(9-14-33-27)41-24-5-3-2-4-6-24/h2-9,14,19-20,28,34H,10-13,15-18,21-22H2,1H3,(H,35,38)/t28-/m0/s1. The van der Waals surface area contributed by atoms with Gasteiger partial charge in [0.15, 0.2) is 0 Å². The average molecular weight is 556 g/mol. The summed E-state index contributed by atoms with van der Waals surface area (Å²) in [5.41, 5.74) is 3.51. The van der Waals surface area contributed by atoms with Crippen LogP contribution < -0.4 is 20.3 Å². The van der Waals surface area contributed by atoms with Gasteiger partial charge in [-0.05, 0) is 80.1 Å². The van der Waals surface area contributed by atoms with Gasteiger partial charge in [0.05, 0.1) is 11.4 Å². The Bertz CT molecular complexity index is 1380. The fourth-order valence-corrected chi connectivity index (χ4v) is 6.07. The number of nitrogens with zero attached hydrogens (tertiary/aromatic N) is 3. The molecule has 3 aromatic rings. The van der Waals surface area contributed by atoms with Gasteiger partial charge in [0, 0.05) is 45.6 Å². The number of pyridine rings is 1. The highest BCUT2D eigenvalue weighted by atomic mass is 16.5. The molecule has 2 N–H and O–H groups in total. The second kappa shape index (κ2) is 11.9. The van der Waals surface area contributed by atoms with Crippen LogP contribution in [0.5, 0.6) is 11.5 Å². The first-order valence-corrected chi connectivity index (χ1v) is 14.4. The number of anilines is 2. The van der Waals surface area contributed by atoms with E-state index in [1.54, 1.807) is 24.1 Å². The van der Waals surface area contributed by atoms with Crippen LogP contribution in [0.1, 0.15) is 41.7 Å². The van der Waals surface area contributed by atoms with Gasteiger partial charge in [-0.3, -0.25) is 19.5 Å². The molecule has 0 unspecified atom stereocenters. The van der Waals surface area contributed by atoms with Crippen LogP contribution in [0.15, 0.2) is 66.9 Å². The Morgan fingerprint density at radius 1 is 1.05 bits per heavy atom. The third kappa shape index (κ3) is 6.21. The summed E-state index contributed by atoms with van der Waals surface area (Å²) in [5.74, 6) is 0.541. The van der Waals surface area contributed by atoms with Gasteiger partial charge in [-0.15, -0.1) is 0 Å². The zero-order chi connectivity index (χ0) is 28.2. The lowest BCUT2D eigenvalue weighted by molar-refractivity contribution is -0.119. The third-order valence-electron chi connectivity index (χ3n) is 8.67. The van der Waals surface area contributed by atoms with Crippen molar-refractivity contribution in [1.29, 1.82) is 0 Å². The number of carbonyl (C=O) groups excluding carboxylic acids is 2. The molecular weight excluding hydrogens is 518 g/mol. The number of benzene rings is 2. The van der Waals surface area contributed by atoms with E-state index in [0.29, 0.717) is 16.9 Å². The van der Waals surface area contributed by atoms with Gasteiger partial charge in [-0.1, -0.05) is 24.3 Å². The maximum absolute atomic E-state index is 13.5. The van der Waals surface area contributed by atoms with E-state index in [2.05, 4.69) is 32.7 Å². The lowest BCUT2D eigenvalue weighted by Crippen LogP contribution is -2.49. The molecule has 6 rings (SSSR count). The molecule has 9 nitrogen and oxygen atoms in total. The summed E-state index contributed by atoms with van der Waals surface area (Å²) in [6.07, 6.45) is 6.32. The zero-order valence-electron chi connectivity index (χ0n) is 23.5. The van der Waals surface area contributed by atoms with Crippen molar-refractivity contribution in [2.45, 2.75) is 38.3 Å². The van der Waals surface area contributed by atoms with E-state index >= 15 is 0 Å². The fourth-order valence-electron chi connectivity index (χ4n) is 6.07. The predicted molar refractivity (Wildman–Crippen MR) is 157 cm³/mol. The molecule has 1 atom stereocenters. The molecule has 3 aliphatic heterocycles. The van der Waals surface area contributed by atoms with Crippen molar-refractivity contribution in [1.82, 2.24) is 15.2 Å². The van der Waals surface area contributed by atoms with E-state index < -0.39 is 11.9 Å². The maximum Gasteiger partial charge on any atom is 0.270 e. The zero-order valence-corrected chi connectivity index (χ0v) is 23.5. The van der Waals surface area contributed by atoms with Crippen molar-refractivity contribution < 1.29 is 19.1 Å². The summed E-state index contributed by atoms with van der Waals surface area (Å²) >= 11 is 0. The molecule has 0 aliphatic carbocycles. The molecule has 2 saturated heterocycles. The Balaban J connectivity index is 1.08. The molecule has 1 aromatic heterocycles. The van der Waals surface area contributed by atoms with Crippen LogP contribution in [-0.2, 0) is 16.1 Å². The van der Waals surface area contributed by atoms with Crippen LogP contribution >= 0.6 is 0 Å². The van der Waals surface area contributed by atoms with Gasteiger partial charge < -0.3 is 25.0 Å². The normalized spacial score (nSPS) is 20.6. The third-order valence-corrected chi connectivity index (χ3v) is 8.67. The van der Waals surface area contributed by atoms with Gasteiger partial charge in [0.2, 0.25) is 0 Å². The molecule has 3 aliphatic rings. The van der Waals surface area contributed by atoms with E-state index in [-0.39, 0.29) is 18.1 Å². The van der Waals surface area contributed by atoms with Crippen molar-refractivity contribution in [2.75, 3.05) is 50.1 Å². The second-order valence-electron chi connectivity index (χ2n) is 11.3. The summed E-state index contributed by atoms with van der Waals surface area (Å²) < 4.78 is 11.4. The van der Waals surface area contributed by atoms with Crippen LogP contribution in [0.2, 0.25) is 0 Å². The van der Waals surface area contributed by atoms with Gasteiger partial charge in [-0.25, -0.2) is 0 Å². The van der Waals surface area contributed by atoms with Crippen LogP contribution in [0.25, 0.3) is 0 Å². The molecule has 4 heterocycles. The number of amides is 2. The first-order valence-electron chi connectivity index (χ1n) is 14.4. The topological polar surface area (TPSA) is 96.0 Å². The number of piperidine rings is 1. The second-order valence-corrected chi connectivity index (χ2v) is 11.3. The Hall–Kier alpha value is -3.95. The van der Waals surface area contributed by atoms with Crippen molar-refractivity contribution in [3.63, 3.8) is 0 Å². The summed E-state index contributed by atoms with van der Waals surface area (Å²) in [7, 11) is 1.76. The van der Waals surface area contributed by atoms with E-state index in [0.717, 1.165) is 44.2 Å². The molecule has 9 heteroatoms. The molecular formula is C32H37N5O4. The molecule has 41 heavy (non-hydrogen) atoms. The van der Waals surface area contributed by atoms with Crippen LogP contribution in [-0.4, -0.2) is 67.6 Å². The first kappa shape index (κ1) is 27.2. The lowest BCUT2D eigenvalue weighted by atomic mass is 9.72. The van der Waals surface area contributed by atoms with Gasteiger partial charge in [-0.2, -0.15) is 0 Å². The summed E-state index contributed by atoms with van der Waals surface area (Å²) in [5, 5.41) is 6.22. The molecule has 2 aromatic carbocycles. The molecule has 1 spiro atoms. The minimum Gasteiger partial charge on any atom is -0.457 e. The average Bonchev–Trinajstić information content (AvgIpc) is 3.11. The quantitative estimate of drug-likeness (QED) is 0.464. The molecule has 0 radical (unpaired) electrons. The largest absolute Gasteiger partial charge is 0.457 e. The first-order chi connectivity index (χ1) is 20.0. The van der Waals surface area contributed by atoms with Crippen molar-refractivity contribution in [3.8, 4) is 11.5 Å². The summed E-state index contributed by atoms with van der Waals surface area (Å²) in [6.45, 7) is 5.10. The molecule has 2 fully saturated rings. The number of ether oxygens (including phenoxy) is 2. The number of likely N-dealkylation sites (tertiary alicyclic amines) is 1. The monoisotopic (exact) mass is 555 g/mol. The molecule has 2 amide bonds. The van der Waals surface area contributed by atoms with E-state index in [1.807, 2.05) is 36.4 Å². The number of aromatic nitrogens is 1. The highest BCUT2D eigenvalue weighted by molar-refractivity contribution is 6.04. The molecule has 214 valence electrons. The Morgan fingerprint density at radius 3 is 2.61 bits per heavy atom. The van der Waals surface area contributed by atoms with Crippen molar-refractivity contribution in [3.05, 3.63) is 78.1 Å². The van der Waals surface area contributed by atoms with Crippen LogP contribution in [0.4, 0.5) is 11.4 Å². The van der Waals surface area contributed by atoms with Crippen molar-refractivity contribution in [2.24, 2.45) is 5.41 Å². The van der Waals surface area contributed by atoms with Gasteiger partial charge in [0.1, 0.15) is 23.2 Å². The number of hydrogen-bond donors (Lipinski definition) is 2. The number of fused-ring (bicyclic) bond motifs is 1. The van der Waals surface area contributed by atoms with Gasteiger partial charge in [0.25, 0.3) is 11.8 Å². The highest BCUT2D eigenvalue weighted by Crippen LogP contribution is 2.41. The minimum absolute atomic E-state index is 0.182. The number of para-hydroxylation sites is 1. The fraction of sp³-hybridized carbons (Fsp3) is 0.406. The van der Waals surface area contributed by atoms with E-state index in [4.69, 9.17) is 9.47 Å². The Morgan fingerprint density at radius 2 is 1.83 bits per heavy atom. The number of nitrogens with one attached hydrogen (secondary N) is 2. The smallest absolute Gasteiger partial charge is 0.270 e. The Kier molecular flexibility index (Phi) is 7.89. The number of likely N-dealkylation sites (N-methyl/N-ethyl adjacent to an activating group) is 1. The predicted octanol–water partition coefficient (Wildman–Crippen LogP) is 4.45. The van der Waals surface area contributed by atoms with E-state index in [1.165, 1.54) is 37.4 Å². The minimum atomic E-state index is -0.749. The molecule has 0 bridgehead atoms. The van der Waals surface area contributed by atoms with Gasteiger partial charge >= 0.3 is 0 Å². The number of carbonyl (C=O) groups is 2. The highest BCUT2D eigenvalue weighted by Gasteiger charge is 2.36. The number of rotatable bonds is 6. The van der Waals surface area contributed by atoms with Crippen molar-refractivity contribution >= 4 is 23.2 Å². The number of hydrogen-bond acceptors (Lipinski definition) is 7.